The third kappa shape index (κ3) is 3.73. The van der Waals surface area contributed by atoms with Crippen molar-refractivity contribution >= 4 is 46.1 Å². The van der Waals surface area contributed by atoms with Gasteiger partial charge in [-0.3, -0.25) is 9.63 Å². The molecule has 0 aliphatic carbocycles. The highest BCUT2D eigenvalue weighted by Gasteiger charge is 2.21. The van der Waals surface area contributed by atoms with Gasteiger partial charge in [0, 0.05) is 23.6 Å². The average Bonchev–Trinajstić information content (AvgIpc) is 3.08. The van der Waals surface area contributed by atoms with Crippen molar-refractivity contribution < 1.29 is 19.1 Å². The molecule has 0 saturated heterocycles. The highest BCUT2D eigenvalue weighted by Crippen LogP contribution is 2.32. The van der Waals surface area contributed by atoms with Crippen LogP contribution in [0, 0.1) is 5.82 Å². The highest BCUT2D eigenvalue weighted by molar-refractivity contribution is 6.36. The molecule has 3 aromatic rings. The van der Waals surface area contributed by atoms with Crippen LogP contribution in [0.3, 0.4) is 0 Å². The predicted octanol–water partition coefficient (Wildman–Crippen LogP) is 3.18. The van der Waals surface area contributed by atoms with E-state index in [2.05, 4.69) is 15.8 Å². The number of imidazole rings is 1. The number of benzene rings is 1. The molecule has 0 unspecified atom stereocenters. The van der Waals surface area contributed by atoms with E-state index in [0.29, 0.717) is 10.7 Å². The Morgan fingerprint density at radius 3 is 2.92 bits per heavy atom. The first-order valence-electron chi connectivity index (χ1n) is 7.41. The summed E-state index contributed by atoms with van der Waals surface area (Å²) in [5.41, 5.74) is 2.36. The Bertz CT molecular complexity index is 964. The van der Waals surface area contributed by atoms with Gasteiger partial charge >= 0.3 is 0 Å². The zero-order valence-electron chi connectivity index (χ0n) is 13.2. The molecule has 2 heterocycles. The highest BCUT2D eigenvalue weighted by atomic mass is 35.5. The summed E-state index contributed by atoms with van der Waals surface area (Å²) in [5, 5.41) is 12.2. The number of carbonyl (C=O) groups excluding carboxylic acids is 1. The molecule has 3 N–H and O–H groups in total. The molecule has 0 spiro atoms. The molecule has 1 aromatic carbocycles. The minimum absolute atomic E-state index is 0.0328. The van der Waals surface area contributed by atoms with Crippen LogP contribution in [-0.2, 0) is 4.84 Å². The van der Waals surface area contributed by atoms with Crippen LogP contribution < -0.4 is 10.8 Å². The number of hydrogen-bond donors (Lipinski definition) is 3. The van der Waals surface area contributed by atoms with Gasteiger partial charge in [-0.15, -0.1) is 0 Å². The lowest BCUT2D eigenvalue weighted by atomic mass is 10.2. The van der Waals surface area contributed by atoms with Gasteiger partial charge in [-0.2, -0.15) is 0 Å². The summed E-state index contributed by atoms with van der Waals surface area (Å²) < 4.78 is 16.3. The third-order valence-corrected chi connectivity index (χ3v) is 3.96. The Morgan fingerprint density at radius 1 is 1.38 bits per heavy atom. The monoisotopic (exact) mass is 398 g/mol. The van der Waals surface area contributed by atoms with Crippen LogP contribution in [0.2, 0.25) is 10.0 Å². The number of halogens is 3. The van der Waals surface area contributed by atoms with Gasteiger partial charge in [0.15, 0.2) is 11.5 Å². The van der Waals surface area contributed by atoms with Crippen molar-refractivity contribution in [2.45, 2.75) is 0 Å². The number of anilines is 2. The number of hydrogen-bond acceptors (Lipinski definition) is 5. The Kier molecular flexibility index (Phi) is 5.58. The minimum atomic E-state index is -0.740. The summed E-state index contributed by atoms with van der Waals surface area (Å²) in [7, 11) is 0. The number of aliphatic hydroxyl groups is 1. The van der Waals surface area contributed by atoms with Crippen molar-refractivity contribution in [1.29, 1.82) is 0 Å². The van der Waals surface area contributed by atoms with E-state index in [-0.39, 0.29) is 35.1 Å². The van der Waals surface area contributed by atoms with Crippen LogP contribution in [0.5, 0.6) is 0 Å². The van der Waals surface area contributed by atoms with Gasteiger partial charge in [0.1, 0.15) is 0 Å². The molecule has 0 saturated carbocycles. The fourth-order valence-corrected chi connectivity index (χ4v) is 2.71. The lowest BCUT2D eigenvalue weighted by molar-refractivity contribution is 0.0168. The number of pyridine rings is 1. The molecule has 3 rings (SSSR count). The van der Waals surface area contributed by atoms with Gasteiger partial charge in [-0.1, -0.05) is 23.2 Å². The third-order valence-electron chi connectivity index (χ3n) is 3.42. The van der Waals surface area contributed by atoms with Crippen LogP contribution in [0.15, 0.2) is 36.8 Å². The van der Waals surface area contributed by atoms with E-state index in [4.69, 9.17) is 33.1 Å². The number of fused-ring (bicyclic) bond motifs is 1. The topological polar surface area (TPSA) is 87.9 Å². The molecule has 136 valence electrons. The average molecular weight is 399 g/mol. The molecule has 1 amide bonds. The summed E-state index contributed by atoms with van der Waals surface area (Å²) in [5.74, 6) is -1.45. The Labute approximate surface area is 157 Å². The number of amides is 1. The number of carbonyl (C=O) groups is 1. The number of aromatic nitrogens is 2. The van der Waals surface area contributed by atoms with Crippen molar-refractivity contribution in [1.82, 2.24) is 14.9 Å². The van der Waals surface area contributed by atoms with Crippen LogP contribution >= 0.6 is 23.2 Å². The van der Waals surface area contributed by atoms with Crippen molar-refractivity contribution in [3.05, 3.63) is 58.2 Å². The lowest BCUT2D eigenvalue weighted by Crippen LogP contribution is -2.26. The zero-order chi connectivity index (χ0) is 18.7. The molecule has 0 radical (unpaired) electrons. The minimum Gasteiger partial charge on any atom is -0.394 e. The van der Waals surface area contributed by atoms with E-state index in [9.17, 15) is 9.18 Å². The number of nitrogens with zero attached hydrogens (tertiary/aromatic N) is 2. The zero-order valence-corrected chi connectivity index (χ0v) is 14.7. The molecule has 0 aliphatic rings. The van der Waals surface area contributed by atoms with Gasteiger partial charge in [0.25, 0.3) is 5.91 Å². The molecule has 10 heteroatoms. The van der Waals surface area contributed by atoms with E-state index in [1.54, 1.807) is 12.1 Å². The molecular formula is C16H13Cl2FN4O3. The molecule has 0 fully saturated rings. The molecule has 2 aromatic heterocycles. The van der Waals surface area contributed by atoms with Gasteiger partial charge in [-0.05, 0) is 18.2 Å². The normalized spacial score (nSPS) is 10.9. The van der Waals surface area contributed by atoms with Crippen molar-refractivity contribution in [2.75, 3.05) is 18.5 Å². The van der Waals surface area contributed by atoms with E-state index < -0.39 is 11.7 Å². The van der Waals surface area contributed by atoms with Crippen molar-refractivity contribution in [3.63, 3.8) is 0 Å². The van der Waals surface area contributed by atoms with Crippen LogP contribution in [0.1, 0.15) is 10.4 Å². The number of rotatable bonds is 6. The SMILES string of the molecule is O=C(NOCCO)c1cn2ccnc2c(F)c1Nc1ccc(Cl)cc1Cl. The molecule has 7 nitrogen and oxygen atoms in total. The van der Waals surface area contributed by atoms with Crippen molar-refractivity contribution in [2.24, 2.45) is 0 Å². The Hall–Kier alpha value is -2.39. The number of hydroxylamine groups is 1. The second-order valence-electron chi connectivity index (χ2n) is 5.14. The van der Waals surface area contributed by atoms with E-state index >= 15 is 0 Å². The van der Waals surface area contributed by atoms with Gasteiger partial charge in [0.05, 0.1) is 35.2 Å². The first kappa shape index (κ1) is 18.4. The fraction of sp³-hybridized carbons (Fsp3) is 0.125. The van der Waals surface area contributed by atoms with E-state index in [1.165, 1.54) is 29.1 Å². The second-order valence-corrected chi connectivity index (χ2v) is 5.99. The van der Waals surface area contributed by atoms with Crippen LogP contribution in [0.4, 0.5) is 15.8 Å². The largest absolute Gasteiger partial charge is 0.394 e. The van der Waals surface area contributed by atoms with Crippen LogP contribution in [0.25, 0.3) is 5.65 Å². The lowest BCUT2D eigenvalue weighted by Gasteiger charge is -2.15. The maximum absolute atomic E-state index is 14.9. The molecular weight excluding hydrogens is 386 g/mol. The van der Waals surface area contributed by atoms with Crippen LogP contribution in [-0.4, -0.2) is 33.6 Å². The van der Waals surface area contributed by atoms with E-state index in [0.717, 1.165) is 0 Å². The standard InChI is InChI=1S/C16H13Cl2FN4O3/c17-9-1-2-12(11(18)7-9)21-14-10(16(25)22-26-6-5-24)8-23-4-3-20-15(23)13(14)19/h1-4,7-8,21,24H,5-6H2,(H,22,25). The van der Waals surface area contributed by atoms with Gasteiger partial charge < -0.3 is 14.8 Å². The first-order valence-corrected chi connectivity index (χ1v) is 8.17. The summed E-state index contributed by atoms with van der Waals surface area (Å²) in [6, 6.07) is 4.62. The summed E-state index contributed by atoms with van der Waals surface area (Å²) >= 11 is 12.0. The predicted molar refractivity (Wildman–Crippen MR) is 95.4 cm³/mol. The maximum atomic E-state index is 14.9. The fourth-order valence-electron chi connectivity index (χ4n) is 2.26. The smallest absolute Gasteiger partial charge is 0.278 e. The quantitative estimate of drug-likeness (QED) is 0.438. The summed E-state index contributed by atoms with van der Waals surface area (Å²) in [6.07, 6.45) is 4.30. The molecule has 0 aliphatic heterocycles. The molecule has 0 bridgehead atoms. The Morgan fingerprint density at radius 2 is 2.19 bits per heavy atom. The Balaban J connectivity index is 2.04. The maximum Gasteiger partial charge on any atom is 0.278 e. The van der Waals surface area contributed by atoms with E-state index in [1.807, 2.05) is 0 Å². The molecule has 0 atom stereocenters. The van der Waals surface area contributed by atoms with Gasteiger partial charge in [-0.25, -0.2) is 14.9 Å². The van der Waals surface area contributed by atoms with Gasteiger partial charge in [0.2, 0.25) is 0 Å². The second kappa shape index (κ2) is 7.88. The summed E-state index contributed by atoms with van der Waals surface area (Å²) in [4.78, 5) is 21.1. The molecule has 26 heavy (non-hydrogen) atoms. The van der Waals surface area contributed by atoms with Crippen molar-refractivity contribution in [3.8, 4) is 0 Å². The number of nitrogens with one attached hydrogen (secondary N) is 2. The first-order chi connectivity index (χ1) is 12.5. The number of aliphatic hydroxyl groups excluding tert-OH is 1. The summed E-state index contributed by atoms with van der Waals surface area (Å²) in [6.45, 7) is -0.381.